The maximum atomic E-state index is 5.43. The van der Waals surface area contributed by atoms with E-state index in [2.05, 4.69) is 15.3 Å². The second-order valence-corrected chi connectivity index (χ2v) is 3.63. The van der Waals surface area contributed by atoms with Crippen LogP contribution in [-0.2, 0) is 6.54 Å². The molecule has 0 fully saturated rings. The van der Waals surface area contributed by atoms with Gasteiger partial charge in [-0.25, -0.2) is 4.98 Å². The van der Waals surface area contributed by atoms with Crippen LogP contribution in [0.1, 0.15) is 30.2 Å². The Hall–Kier alpha value is -1.55. The molecule has 1 atom stereocenters. The van der Waals surface area contributed by atoms with Gasteiger partial charge in [-0.2, -0.15) is 0 Å². The van der Waals surface area contributed by atoms with Gasteiger partial charge < -0.3 is 14.7 Å². The minimum Gasteiger partial charge on any atom is -0.444 e. The molecule has 2 N–H and O–H groups in total. The van der Waals surface area contributed by atoms with Crippen LogP contribution < -0.4 is 5.32 Å². The first-order valence-corrected chi connectivity index (χ1v) is 5.03. The zero-order valence-corrected chi connectivity index (χ0v) is 8.95. The SMILES string of the molecule is Cc1cnc(C(C)NCc2cc[nH]c2)o1. The summed E-state index contributed by atoms with van der Waals surface area (Å²) in [5.41, 5.74) is 1.23. The lowest BCUT2D eigenvalue weighted by molar-refractivity contribution is 0.402. The summed E-state index contributed by atoms with van der Waals surface area (Å²) >= 11 is 0. The third-order valence-corrected chi connectivity index (χ3v) is 2.28. The Morgan fingerprint density at radius 2 is 2.47 bits per heavy atom. The van der Waals surface area contributed by atoms with E-state index in [0.29, 0.717) is 0 Å². The van der Waals surface area contributed by atoms with E-state index in [0.717, 1.165) is 18.2 Å². The molecule has 0 radical (unpaired) electrons. The van der Waals surface area contributed by atoms with Crippen molar-refractivity contribution in [3.05, 3.63) is 41.9 Å². The molecule has 0 saturated carbocycles. The van der Waals surface area contributed by atoms with E-state index in [1.54, 1.807) is 6.20 Å². The molecular formula is C11H15N3O. The summed E-state index contributed by atoms with van der Waals surface area (Å²) in [6.07, 6.45) is 5.63. The molecular weight excluding hydrogens is 190 g/mol. The summed E-state index contributed by atoms with van der Waals surface area (Å²) in [6.45, 7) is 4.75. The smallest absolute Gasteiger partial charge is 0.211 e. The van der Waals surface area contributed by atoms with Gasteiger partial charge in [0.1, 0.15) is 5.76 Å². The Morgan fingerprint density at radius 3 is 3.07 bits per heavy atom. The Balaban J connectivity index is 1.90. The molecule has 80 valence electrons. The lowest BCUT2D eigenvalue weighted by atomic mass is 10.3. The quantitative estimate of drug-likeness (QED) is 0.804. The molecule has 2 aromatic heterocycles. The third kappa shape index (κ3) is 2.47. The number of nitrogens with one attached hydrogen (secondary N) is 2. The molecule has 4 nitrogen and oxygen atoms in total. The van der Waals surface area contributed by atoms with E-state index in [4.69, 9.17) is 4.42 Å². The van der Waals surface area contributed by atoms with Crippen molar-refractivity contribution in [2.45, 2.75) is 26.4 Å². The van der Waals surface area contributed by atoms with Crippen molar-refractivity contribution in [1.82, 2.24) is 15.3 Å². The first-order chi connectivity index (χ1) is 7.25. The summed E-state index contributed by atoms with van der Waals surface area (Å²) in [5, 5.41) is 3.34. The molecule has 0 aromatic carbocycles. The van der Waals surface area contributed by atoms with Gasteiger partial charge >= 0.3 is 0 Å². The van der Waals surface area contributed by atoms with Gasteiger partial charge in [0.15, 0.2) is 0 Å². The second kappa shape index (κ2) is 4.31. The van der Waals surface area contributed by atoms with Crippen LogP contribution in [0.3, 0.4) is 0 Å². The van der Waals surface area contributed by atoms with E-state index in [9.17, 15) is 0 Å². The van der Waals surface area contributed by atoms with Crippen LogP contribution in [0.2, 0.25) is 0 Å². The van der Waals surface area contributed by atoms with Gasteiger partial charge in [0.05, 0.1) is 12.2 Å². The summed E-state index contributed by atoms with van der Waals surface area (Å²) in [7, 11) is 0. The number of rotatable bonds is 4. The van der Waals surface area contributed by atoms with E-state index in [1.165, 1.54) is 5.56 Å². The van der Waals surface area contributed by atoms with Crippen LogP contribution in [0.15, 0.2) is 29.1 Å². The van der Waals surface area contributed by atoms with E-state index >= 15 is 0 Å². The van der Waals surface area contributed by atoms with Gasteiger partial charge in [0.2, 0.25) is 5.89 Å². The molecule has 0 amide bonds. The summed E-state index contributed by atoms with van der Waals surface area (Å²) in [6, 6.07) is 2.18. The zero-order valence-electron chi connectivity index (χ0n) is 8.95. The predicted molar refractivity (Wildman–Crippen MR) is 57.3 cm³/mol. The minimum atomic E-state index is 0.133. The fourth-order valence-electron chi connectivity index (χ4n) is 1.40. The van der Waals surface area contributed by atoms with Crippen LogP contribution in [0.5, 0.6) is 0 Å². The first kappa shape index (κ1) is 9.98. The molecule has 1 unspecified atom stereocenters. The Labute approximate surface area is 88.7 Å². The first-order valence-electron chi connectivity index (χ1n) is 5.03. The molecule has 0 aliphatic heterocycles. The maximum Gasteiger partial charge on any atom is 0.211 e. The zero-order chi connectivity index (χ0) is 10.7. The Morgan fingerprint density at radius 1 is 1.60 bits per heavy atom. The number of hydrogen-bond acceptors (Lipinski definition) is 3. The molecule has 2 rings (SSSR count). The highest BCUT2D eigenvalue weighted by atomic mass is 16.4. The van der Waals surface area contributed by atoms with Crippen molar-refractivity contribution in [2.75, 3.05) is 0 Å². The minimum absolute atomic E-state index is 0.133. The standard InChI is InChI=1S/C11H15N3O/c1-8-5-14-11(15-8)9(2)13-7-10-3-4-12-6-10/h3-6,9,12-13H,7H2,1-2H3. The van der Waals surface area contributed by atoms with Crippen LogP contribution in [0, 0.1) is 6.92 Å². The average molecular weight is 205 g/mol. The van der Waals surface area contributed by atoms with Crippen molar-refractivity contribution >= 4 is 0 Å². The summed E-state index contributed by atoms with van der Waals surface area (Å²) < 4.78 is 5.43. The largest absolute Gasteiger partial charge is 0.444 e. The fraction of sp³-hybridized carbons (Fsp3) is 0.364. The van der Waals surface area contributed by atoms with Crippen molar-refractivity contribution < 1.29 is 4.42 Å². The van der Waals surface area contributed by atoms with Gasteiger partial charge in [-0.1, -0.05) is 0 Å². The van der Waals surface area contributed by atoms with E-state index in [1.807, 2.05) is 32.3 Å². The highest BCUT2D eigenvalue weighted by Crippen LogP contribution is 2.12. The highest BCUT2D eigenvalue weighted by Gasteiger charge is 2.10. The number of H-pyrrole nitrogens is 1. The Bertz CT molecular complexity index is 405. The number of aromatic nitrogens is 2. The van der Waals surface area contributed by atoms with Crippen LogP contribution in [0.4, 0.5) is 0 Å². The molecule has 2 aromatic rings. The molecule has 0 aliphatic rings. The highest BCUT2D eigenvalue weighted by molar-refractivity contribution is 5.08. The summed E-state index contributed by atoms with van der Waals surface area (Å²) in [5.74, 6) is 1.59. The van der Waals surface area contributed by atoms with Crippen LogP contribution in [-0.4, -0.2) is 9.97 Å². The molecule has 0 spiro atoms. The second-order valence-electron chi connectivity index (χ2n) is 3.63. The third-order valence-electron chi connectivity index (χ3n) is 2.28. The molecule has 4 heteroatoms. The van der Waals surface area contributed by atoms with Crippen molar-refractivity contribution in [2.24, 2.45) is 0 Å². The number of oxazole rings is 1. The van der Waals surface area contributed by atoms with Gasteiger partial charge in [-0.05, 0) is 25.5 Å². The maximum absolute atomic E-state index is 5.43. The monoisotopic (exact) mass is 205 g/mol. The Kier molecular flexibility index (Phi) is 2.87. The van der Waals surface area contributed by atoms with Gasteiger partial charge in [0, 0.05) is 18.9 Å². The number of aromatic amines is 1. The number of nitrogens with zero attached hydrogens (tertiary/aromatic N) is 1. The van der Waals surface area contributed by atoms with Gasteiger partial charge in [-0.15, -0.1) is 0 Å². The molecule has 2 heterocycles. The van der Waals surface area contributed by atoms with E-state index in [-0.39, 0.29) is 6.04 Å². The van der Waals surface area contributed by atoms with Crippen molar-refractivity contribution in [3.63, 3.8) is 0 Å². The fourth-order valence-corrected chi connectivity index (χ4v) is 1.40. The van der Waals surface area contributed by atoms with Crippen molar-refractivity contribution in [3.8, 4) is 0 Å². The average Bonchev–Trinajstić information content (AvgIpc) is 2.84. The van der Waals surface area contributed by atoms with Gasteiger partial charge in [-0.3, -0.25) is 0 Å². The molecule has 0 saturated heterocycles. The molecule has 15 heavy (non-hydrogen) atoms. The van der Waals surface area contributed by atoms with Crippen LogP contribution >= 0.6 is 0 Å². The lowest BCUT2D eigenvalue weighted by Crippen LogP contribution is -2.17. The van der Waals surface area contributed by atoms with E-state index < -0.39 is 0 Å². The normalized spacial score (nSPS) is 12.9. The van der Waals surface area contributed by atoms with Crippen molar-refractivity contribution in [1.29, 1.82) is 0 Å². The molecule has 0 aliphatic carbocycles. The number of hydrogen-bond donors (Lipinski definition) is 2. The molecule has 0 bridgehead atoms. The topological polar surface area (TPSA) is 53.9 Å². The number of aryl methyl sites for hydroxylation is 1. The lowest BCUT2D eigenvalue weighted by Gasteiger charge is -2.08. The van der Waals surface area contributed by atoms with Gasteiger partial charge in [0.25, 0.3) is 0 Å². The van der Waals surface area contributed by atoms with Crippen LogP contribution in [0.25, 0.3) is 0 Å². The predicted octanol–water partition coefficient (Wildman–Crippen LogP) is 2.16. The summed E-state index contributed by atoms with van der Waals surface area (Å²) in [4.78, 5) is 7.20.